The van der Waals surface area contributed by atoms with Crippen molar-refractivity contribution in [1.82, 2.24) is 24.8 Å². The average Bonchev–Trinajstić information content (AvgIpc) is 3.01. The Labute approximate surface area is 101 Å². The molecule has 0 aliphatic rings. The third-order valence-corrected chi connectivity index (χ3v) is 3.04. The van der Waals surface area contributed by atoms with E-state index in [1.54, 1.807) is 10.8 Å². The van der Waals surface area contributed by atoms with Gasteiger partial charge in [-0.25, -0.2) is 5.84 Å². The molecule has 3 heterocycles. The molecule has 0 aliphatic heterocycles. The van der Waals surface area contributed by atoms with Crippen LogP contribution in [-0.4, -0.2) is 24.8 Å². The van der Waals surface area contributed by atoms with Gasteiger partial charge in [-0.1, -0.05) is 18.2 Å². The minimum Gasteiger partial charge on any atom is -0.351 e. The predicted octanol–water partition coefficient (Wildman–Crippen LogP) is 1.04. The topological polar surface area (TPSA) is 96.9 Å². The van der Waals surface area contributed by atoms with Crippen LogP contribution in [0.4, 0.5) is 5.82 Å². The van der Waals surface area contributed by atoms with E-state index in [4.69, 9.17) is 5.84 Å². The molecule has 0 aliphatic carbocycles. The lowest BCUT2D eigenvalue weighted by Crippen LogP contribution is -2.10. The number of nitrogens with one attached hydrogen (secondary N) is 2. The van der Waals surface area contributed by atoms with E-state index < -0.39 is 0 Å². The summed E-state index contributed by atoms with van der Waals surface area (Å²) in [5, 5.41) is 14.2. The number of hydrogen-bond donors (Lipinski definition) is 3. The molecule has 0 atom stereocenters. The number of nitrogen functional groups attached to an aromatic ring is 1. The van der Waals surface area contributed by atoms with Crippen molar-refractivity contribution in [2.75, 3.05) is 5.43 Å². The number of H-pyrrole nitrogens is 1. The molecular weight excluding hydrogens is 230 g/mol. The second-order valence-corrected chi connectivity index (χ2v) is 4.01. The Bertz CT molecular complexity index is 873. The summed E-state index contributed by atoms with van der Waals surface area (Å²) in [5.41, 5.74) is 5.19. The first-order chi connectivity index (χ1) is 8.88. The van der Waals surface area contributed by atoms with Gasteiger partial charge in [-0.2, -0.15) is 4.52 Å². The normalized spacial score (nSPS) is 11.6. The minimum absolute atomic E-state index is 0.592. The van der Waals surface area contributed by atoms with E-state index in [0.29, 0.717) is 11.5 Å². The lowest BCUT2D eigenvalue weighted by atomic mass is 10.2. The maximum absolute atomic E-state index is 5.55. The van der Waals surface area contributed by atoms with Crippen LogP contribution in [0.15, 0.2) is 30.6 Å². The fraction of sp³-hybridized carbons (Fsp3) is 0. The molecule has 4 aromatic rings. The quantitative estimate of drug-likeness (QED) is 0.340. The molecule has 0 fully saturated rings. The minimum atomic E-state index is 0.592. The Morgan fingerprint density at radius 3 is 3.06 bits per heavy atom. The maximum atomic E-state index is 5.55. The molecule has 0 bridgehead atoms. The van der Waals surface area contributed by atoms with Crippen LogP contribution in [0.5, 0.6) is 0 Å². The Morgan fingerprint density at radius 1 is 1.28 bits per heavy atom. The van der Waals surface area contributed by atoms with Crippen LogP contribution in [0.1, 0.15) is 0 Å². The van der Waals surface area contributed by atoms with Gasteiger partial charge in [0.05, 0.1) is 10.9 Å². The van der Waals surface area contributed by atoms with Gasteiger partial charge in [0, 0.05) is 10.9 Å². The molecule has 7 heteroatoms. The van der Waals surface area contributed by atoms with E-state index in [2.05, 4.69) is 25.7 Å². The van der Waals surface area contributed by atoms with Crippen molar-refractivity contribution < 1.29 is 0 Å². The number of aromatic amines is 1. The summed E-state index contributed by atoms with van der Waals surface area (Å²) in [5.74, 6) is 6.14. The Balaban J connectivity index is 2.36. The summed E-state index contributed by atoms with van der Waals surface area (Å²) >= 11 is 0. The third kappa shape index (κ3) is 1.03. The third-order valence-electron chi connectivity index (χ3n) is 3.04. The monoisotopic (exact) mass is 239 g/mol. The van der Waals surface area contributed by atoms with Crippen molar-refractivity contribution in [3.05, 3.63) is 30.6 Å². The van der Waals surface area contributed by atoms with Gasteiger partial charge in [-0.05, 0) is 6.07 Å². The number of benzene rings is 1. The zero-order valence-electron chi connectivity index (χ0n) is 9.25. The second kappa shape index (κ2) is 3.17. The first-order valence-electron chi connectivity index (χ1n) is 5.45. The van der Waals surface area contributed by atoms with Crippen molar-refractivity contribution in [1.29, 1.82) is 0 Å². The summed E-state index contributed by atoms with van der Waals surface area (Å²) in [6.07, 6.45) is 1.54. The summed E-state index contributed by atoms with van der Waals surface area (Å²) in [6.45, 7) is 0. The first kappa shape index (κ1) is 9.37. The van der Waals surface area contributed by atoms with E-state index in [1.807, 2.05) is 24.3 Å². The highest BCUT2D eigenvalue weighted by molar-refractivity contribution is 6.15. The van der Waals surface area contributed by atoms with E-state index in [0.717, 1.165) is 21.8 Å². The number of para-hydroxylation sites is 1. The number of aromatic nitrogens is 5. The predicted molar refractivity (Wildman–Crippen MR) is 68.0 cm³/mol. The fourth-order valence-electron chi connectivity index (χ4n) is 2.28. The van der Waals surface area contributed by atoms with Gasteiger partial charge in [-0.3, -0.25) is 0 Å². The number of fused-ring (bicyclic) bond motifs is 5. The van der Waals surface area contributed by atoms with E-state index in [-0.39, 0.29) is 0 Å². The van der Waals surface area contributed by atoms with Gasteiger partial charge in [0.1, 0.15) is 6.33 Å². The molecule has 0 saturated heterocycles. The van der Waals surface area contributed by atoms with Gasteiger partial charge < -0.3 is 10.4 Å². The zero-order valence-corrected chi connectivity index (χ0v) is 9.25. The smallest absolute Gasteiger partial charge is 0.201 e. The molecule has 4 N–H and O–H groups in total. The lowest BCUT2D eigenvalue weighted by Gasteiger charge is -2.02. The number of hydrogen-bond acceptors (Lipinski definition) is 5. The zero-order chi connectivity index (χ0) is 12.1. The average molecular weight is 239 g/mol. The maximum Gasteiger partial charge on any atom is 0.201 e. The van der Waals surface area contributed by atoms with Crippen LogP contribution in [0.25, 0.3) is 27.5 Å². The highest BCUT2D eigenvalue weighted by Crippen LogP contribution is 2.31. The molecule has 0 radical (unpaired) electrons. The van der Waals surface area contributed by atoms with Crippen LogP contribution in [-0.2, 0) is 0 Å². The van der Waals surface area contributed by atoms with Crippen LogP contribution in [0, 0.1) is 0 Å². The summed E-state index contributed by atoms with van der Waals surface area (Å²) in [4.78, 5) is 3.32. The Morgan fingerprint density at radius 2 is 2.17 bits per heavy atom. The van der Waals surface area contributed by atoms with Crippen LogP contribution < -0.4 is 11.3 Å². The second-order valence-electron chi connectivity index (χ2n) is 4.01. The molecule has 7 nitrogen and oxygen atoms in total. The van der Waals surface area contributed by atoms with Crippen molar-refractivity contribution in [2.24, 2.45) is 5.84 Å². The molecule has 1 aromatic carbocycles. The molecular formula is C11H9N7. The number of nitrogens with two attached hydrogens (primary N) is 1. The standard InChI is InChI=1S/C11H9N7/c12-15-10-8-6-3-1-2-4-7(6)14-9(8)11-16-13-5-18(11)17-10/h1-5,14H,12H2,(H,15,17). The fourth-order valence-corrected chi connectivity index (χ4v) is 2.28. The molecule has 0 amide bonds. The highest BCUT2D eigenvalue weighted by atomic mass is 15.4. The lowest BCUT2D eigenvalue weighted by molar-refractivity contribution is 0.933. The number of anilines is 1. The number of hydrazine groups is 1. The van der Waals surface area contributed by atoms with Crippen molar-refractivity contribution >= 4 is 33.3 Å². The van der Waals surface area contributed by atoms with Gasteiger partial charge in [0.25, 0.3) is 0 Å². The van der Waals surface area contributed by atoms with Gasteiger partial charge >= 0.3 is 0 Å². The molecule has 18 heavy (non-hydrogen) atoms. The Kier molecular flexibility index (Phi) is 1.65. The van der Waals surface area contributed by atoms with Crippen LogP contribution in [0.3, 0.4) is 0 Å². The number of rotatable bonds is 1. The summed E-state index contributed by atoms with van der Waals surface area (Å²) in [7, 11) is 0. The molecule has 4 rings (SSSR count). The molecule has 3 aromatic heterocycles. The van der Waals surface area contributed by atoms with Crippen molar-refractivity contribution in [2.45, 2.75) is 0 Å². The largest absolute Gasteiger partial charge is 0.351 e. The van der Waals surface area contributed by atoms with E-state index >= 15 is 0 Å². The molecule has 0 spiro atoms. The van der Waals surface area contributed by atoms with Crippen LogP contribution >= 0.6 is 0 Å². The van der Waals surface area contributed by atoms with E-state index in [1.165, 1.54) is 0 Å². The number of nitrogens with zero attached hydrogens (tertiary/aromatic N) is 4. The van der Waals surface area contributed by atoms with Crippen LogP contribution in [0.2, 0.25) is 0 Å². The molecule has 88 valence electrons. The summed E-state index contributed by atoms with van der Waals surface area (Å²) < 4.78 is 1.59. The molecule has 0 saturated carbocycles. The summed E-state index contributed by atoms with van der Waals surface area (Å²) in [6, 6.07) is 7.97. The van der Waals surface area contributed by atoms with Gasteiger partial charge in [0.15, 0.2) is 5.82 Å². The Hall–Kier alpha value is -2.67. The van der Waals surface area contributed by atoms with Crippen molar-refractivity contribution in [3.8, 4) is 0 Å². The highest BCUT2D eigenvalue weighted by Gasteiger charge is 2.14. The SMILES string of the molecule is NNc1nn2cnnc2c2[nH]c3ccccc3c12. The van der Waals surface area contributed by atoms with Crippen molar-refractivity contribution in [3.63, 3.8) is 0 Å². The van der Waals surface area contributed by atoms with Gasteiger partial charge in [-0.15, -0.1) is 15.3 Å². The molecule has 0 unspecified atom stereocenters. The van der Waals surface area contributed by atoms with Gasteiger partial charge in [0.2, 0.25) is 5.65 Å². The van der Waals surface area contributed by atoms with E-state index in [9.17, 15) is 0 Å². The first-order valence-corrected chi connectivity index (χ1v) is 5.45.